The van der Waals surface area contributed by atoms with Crippen molar-refractivity contribution in [3.8, 4) is 5.69 Å². The largest absolute Gasteiger partial charge is 0.325 e. The molecule has 1 amide bonds. The van der Waals surface area contributed by atoms with Crippen LogP contribution in [0, 0.1) is 5.82 Å². The summed E-state index contributed by atoms with van der Waals surface area (Å²) >= 11 is 1.24. The Morgan fingerprint density at radius 3 is 2.28 bits per heavy atom. The molecule has 1 heterocycles. The Balaban J connectivity index is 1.63. The summed E-state index contributed by atoms with van der Waals surface area (Å²) in [6, 6.07) is 24.5. The summed E-state index contributed by atoms with van der Waals surface area (Å²) in [5.74, 6) is -0.616. The smallest absolute Gasteiger partial charge is 0.242 e. The highest BCUT2D eigenvalue weighted by Gasteiger charge is 2.25. The summed E-state index contributed by atoms with van der Waals surface area (Å²) in [7, 11) is 0. The Hall–Kier alpha value is -3.52. The Morgan fingerprint density at radius 2 is 1.59 bits per heavy atom. The van der Waals surface area contributed by atoms with Gasteiger partial charge in [-0.2, -0.15) is 4.68 Å². The van der Waals surface area contributed by atoms with Gasteiger partial charge in [-0.25, -0.2) is 4.39 Å². The molecule has 0 saturated carbocycles. The zero-order valence-electron chi connectivity index (χ0n) is 15.1. The Kier molecular flexibility index (Phi) is 5.62. The van der Waals surface area contributed by atoms with E-state index < -0.39 is 5.25 Å². The lowest BCUT2D eigenvalue weighted by atomic mass is 10.1. The number of carbonyl (C=O) groups excluding carboxylic acids is 1. The molecular weight excluding hydrogens is 389 g/mol. The fourth-order valence-corrected chi connectivity index (χ4v) is 3.73. The topological polar surface area (TPSA) is 72.7 Å². The molecule has 1 atom stereocenters. The normalized spacial score (nSPS) is 11.8. The van der Waals surface area contributed by atoms with E-state index in [2.05, 4.69) is 20.8 Å². The standard InChI is InChI=1S/C21H16FN5OS/c22-16-11-13-17(14-12-16)23-20(28)19(15-7-3-1-4-8-15)29-21-24-25-26-27(21)18-9-5-2-6-10-18/h1-14,19H,(H,23,28)/t19-/m1/s1. The van der Waals surface area contributed by atoms with E-state index in [1.807, 2.05) is 60.7 Å². The van der Waals surface area contributed by atoms with Gasteiger partial charge in [0, 0.05) is 5.69 Å². The minimum absolute atomic E-state index is 0.254. The van der Waals surface area contributed by atoms with E-state index >= 15 is 0 Å². The first-order valence-electron chi connectivity index (χ1n) is 8.82. The molecule has 29 heavy (non-hydrogen) atoms. The van der Waals surface area contributed by atoms with Crippen molar-refractivity contribution in [2.24, 2.45) is 0 Å². The summed E-state index contributed by atoms with van der Waals surface area (Å²) in [5, 5.41) is 14.6. The lowest BCUT2D eigenvalue weighted by Crippen LogP contribution is -2.19. The Bertz CT molecular complexity index is 1090. The molecule has 0 aliphatic heterocycles. The van der Waals surface area contributed by atoms with Gasteiger partial charge in [0.15, 0.2) is 0 Å². The molecule has 0 fully saturated rings. The van der Waals surface area contributed by atoms with Crippen LogP contribution in [0.25, 0.3) is 5.69 Å². The van der Waals surface area contributed by atoms with E-state index in [4.69, 9.17) is 0 Å². The van der Waals surface area contributed by atoms with Crippen LogP contribution in [0.2, 0.25) is 0 Å². The molecule has 0 radical (unpaired) electrons. The molecule has 4 aromatic rings. The van der Waals surface area contributed by atoms with Crippen LogP contribution >= 0.6 is 11.8 Å². The molecule has 0 spiro atoms. The lowest BCUT2D eigenvalue weighted by molar-refractivity contribution is -0.115. The molecule has 0 saturated heterocycles. The minimum atomic E-state index is -0.602. The van der Waals surface area contributed by atoms with Crippen molar-refractivity contribution in [2.45, 2.75) is 10.4 Å². The predicted octanol–water partition coefficient (Wildman–Crippen LogP) is 4.27. The van der Waals surface area contributed by atoms with E-state index in [-0.39, 0.29) is 11.7 Å². The molecule has 4 rings (SSSR count). The number of aromatic nitrogens is 4. The number of hydrogen-bond acceptors (Lipinski definition) is 5. The first-order valence-corrected chi connectivity index (χ1v) is 9.70. The molecular formula is C21H16FN5OS. The molecule has 8 heteroatoms. The molecule has 6 nitrogen and oxygen atoms in total. The number of tetrazole rings is 1. The van der Waals surface area contributed by atoms with Gasteiger partial charge in [0.25, 0.3) is 0 Å². The maximum absolute atomic E-state index is 13.2. The summed E-state index contributed by atoms with van der Waals surface area (Å²) in [6.45, 7) is 0. The van der Waals surface area contributed by atoms with Crippen LogP contribution < -0.4 is 5.32 Å². The van der Waals surface area contributed by atoms with Crippen LogP contribution in [-0.4, -0.2) is 26.1 Å². The number of nitrogens with zero attached hydrogens (tertiary/aromatic N) is 4. The van der Waals surface area contributed by atoms with E-state index in [1.165, 1.54) is 36.0 Å². The van der Waals surface area contributed by atoms with E-state index in [1.54, 1.807) is 4.68 Å². The quantitative estimate of drug-likeness (QED) is 0.485. The van der Waals surface area contributed by atoms with Gasteiger partial charge in [-0.15, -0.1) is 5.10 Å². The third kappa shape index (κ3) is 4.49. The summed E-state index contributed by atoms with van der Waals surface area (Å²) in [5.41, 5.74) is 2.12. The minimum Gasteiger partial charge on any atom is -0.325 e. The van der Waals surface area contributed by atoms with Gasteiger partial charge >= 0.3 is 0 Å². The van der Waals surface area contributed by atoms with Crippen molar-refractivity contribution >= 4 is 23.4 Å². The molecule has 1 N–H and O–H groups in total. The van der Waals surface area contributed by atoms with Gasteiger partial charge in [-0.1, -0.05) is 60.3 Å². The fraction of sp³-hybridized carbons (Fsp3) is 0.0476. The van der Waals surface area contributed by atoms with Gasteiger partial charge in [0.05, 0.1) is 5.69 Å². The van der Waals surface area contributed by atoms with Crippen molar-refractivity contribution in [1.29, 1.82) is 0 Å². The molecule has 1 aromatic heterocycles. The molecule has 0 unspecified atom stereocenters. The van der Waals surface area contributed by atoms with Gasteiger partial charge < -0.3 is 5.32 Å². The number of amides is 1. The molecule has 0 aliphatic carbocycles. The number of thioether (sulfide) groups is 1. The second kappa shape index (κ2) is 8.66. The van der Waals surface area contributed by atoms with Crippen LogP contribution in [0.4, 0.5) is 10.1 Å². The number of para-hydroxylation sites is 1. The second-order valence-corrected chi connectivity index (χ2v) is 7.19. The SMILES string of the molecule is O=C(Nc1ccc(F)cc1)[C@H](Sc1nnnn1-c1ccccc1)c1ccccc1. The van der Waals surface area contributed by atoms with Crippen LogP contribution in [0.3, 0.4) is 0 Å². The fourth-order valence-electron chi connectivity index (χ4n) is 2.73. The first kappa shape index (κ1) is 18.8. The van der Waals surface area contributed by atoms with Crippen molar-refractivity contribution in [3.63, 3.8) is 0 Å². The Morgan fingerprint density at radius 1 is 0.931 bits per heavy atom. The Labute approximate surface area is 170 Å². The van der Waals surface area contributed by atoms with Crippen molar-refractivity contribution in [2.75, 3.05) is 5.32 Å². The number of benzene rings is 3. The molecule has 0 aliphatic rings. The number of carbonyl (C=O) groups is 1. The molecule has 144 valence electrons. The van der Waals surface area contributed by atoms with Gasteiger partial charge in [0.1, 0.15) is 11.1 Å². The number of anilines is 1. The third-order valence-electron chi connectivity index (χ3n) is 4.12. The number of rotatable bonds is 6. The highest BCUT2D eigenvalue weighted by Crippen LogP contribution is 2.35. The van der Waals surface area contributed by atoms with Crippen molar-refractivity contribution in [3.05, 3.63) is 96.3 Å². The number of nitrogens with one attached hydrogen (secondary N) is 1. The summed E-state index contributed by atoms with van der Waals surface area (Å²) < 4.78 is 14.8. The van der Waals surface area contributed by atoms with Gasteiger partial charge in [-0.05, 0) is 52.4 Å². The van der Waals surface area contributed by atoms with Crippen LogP contribution in [-0.2, 0) is 4.79 Å². The highest BCUT2D eigenvalue weighted by molar-refractivity contribution is 8.00. The van der Waals surface area contributed by atoms with E-state index in [0.717, 1.165) is 11.3 Å². The second-order valence-electron chi connectivity index (χ2n) is 6.11. The zero-order chi connectivity index (χ0) is 20.1. The van der Waals surface area contributed by atoms with Crippen LogP contribution in [0.15, 0.2) is 90.1 Å². The van der Waals surface area contributed by atoms with E-state index in [9.17, 15) is 9.18 Å². The average Bonchev–Trinajstić information content (AvgIpc) is 3.23. The molecule has 3 aromatic carbocycles. The van der Waals surface area contributed by atoms with E-state index in [0.29, 0.717) is 10.8 Å². The summed E-state index contributed by atoms with van der Waals surface area (Å²) in [4.78, 5) is 13.1. The van der Waals surface area contributed by atoms with Crippen molar-refractivity contribution < 1.29 is 9.18 Å². The maximum atomic E-state index is 13.2. The third-order valence-corrected chi connectivity index (χ3v) is 5.30. The van der Waals surface area contributed by atoms with Gasteiger partial charge in [-0.3, -0.25) is 4.79 Å². The maximum Gasteiger partial charge on any atom is 0.242 e. The number of halogens is 1. The number of hydrogen-bond donors (Lipinski definition) is 1. The summed E-state index contributed by atoms with van der Waals surface area (Å²) in [6.07, 6.45) is 0. The lowest BCUT2D eigenvalue weighted by Gasteiger charge is -2.16. The monoisotopic (exact) mass is 405 g/mol. The zero-order valence-corrected chi connectivity index (χ0v) is 16.0. The van der Waals surface area contributed by atoms with Crippen LogP contribution in [0.1, 0.15) is 10.8 Å². The highest BCUT2D eigenvalue weighted by atomic mass is 32.2. The first-order chi connectivity index (χ1) is 14.2. The predicted molar refractivity (Wildman–Crippen MR) is 109 cm³/mol. The molecule has 0 bridgehead atoms. The van der Waals surface area contributed by atoms with Crippen LogP contribution in [0.5, 0.6) is 0 Å². The van der Waals surface area contributed by atoms with Gasteiger partial charge in [0.2, 0.25) is 11.1 Å². The average molecular weight is 405 g/mol. The van der Waals surface area contributed by atoms with Crippen molar-refractivity contribution in [1.82, 2.24) is 20.2 Å².